The highest BCUT2D eigenvalue weighted by atomic mass is 35.5. The normalized spacial score (nSPS) is 16.1. The second kappa shape index (κ2) is 12.4. The predicted octanol–water partition coefficient (Wildman–Crippen LogP) is 2.55. The molecular formula is C25H32Cl2N8O5S. The summed E-state index contributed by atoms with van der Waals surface area (Å²) in [5, 5.41) is 12.7. The molecule has 0 aliphatic carbocycles. The van der Waals surface area contributed by atoms with Crippen LogP contribution in [0.5, 0.6) is 0 Å². The van der Waals surface area contributed by atoms with Gasteiger partial charge in [-0.25, -0.2) is 9.78 Å². The maximum absolute atomic E-state index is 13.4. The summed E-state index contributed by atoms with van der Waals surface area (Å²) in [6.07, 6.45) is 1.60. The number of nitrogens with one attached hydrogen (secondary N) is 1. The molecular weight excluding hydrogens is 595 g/mol. The third-order valence-electron chi connectivity index (χ3n) is 6.73. The SMILES string of the molecule is CCOC(=O)c1c2c(nn1CCN[C@@H](C)c1ncn(S(=O)(=O)N(C)C)n1)C[C@@H](C)N(C(=O)c1ccc(Cl)c(Cl)c1)C2. The van der Waals surface area contributed by atoms with Crippen molar-refractivity contribution >= 4 is 45.3 Å². The van der Waals surface area contributed by atoms with E-state index >= 15 is 0 Å². The Bertz CT molecular complexity index is 1550. The number of hydrogen-bond acceptors (Lipinski definition) is 9. The third-order valence-corrected chi connectivity index (χ3v) is 9.04. The largest absolute Gasteiger partial charge is 0.461 e. The van der Waals surface area contributed by atoms with Gasteiger partial charge in [-0.15, -0.1) is 9.19 Å². The molecule has 3 aromatic rings. The number of hydrogen-bond donors (Lipinski definition) is 1. The summed E-state index contributed by atoms with van der Waals surface area (Å²) in [4.78, 5) is 32.3. The summed E-state index contributed by atoms with van der Waals surface area (Å²) in [5.74, 6) is -0.464. The lowest BCUT2D eigenvalue weighted by Gasteiger charge is -2.33. The minimum absolute atomic E-state index is 0.176. The molecule has 16 heteroatoms. The Morgan fingerprint density at radius 1 is 1.22 bits per heavy atom. The summed E-state index contributed by atoms with van der Waals surface area (Å²) >= 11 is 12.2. The fraction of sp³-hybridized carbons (Fsp3) is 0.480. The van der Waals surface area contributed by atoms with Crippen molar-refractivity contribution in [2.24, 2.45) is 0 Å². The zero-order chi connectivity index (χ0) is 30.1. The molecule has 4 rings (SSSR count). The van der Waals surface area contributed by atoms with Crippen LogP contribution in [0.25, 0.3) is 0 Å². The van der Waals surface area contributed by atoms with Gasteiger partial charge in [0.25, 0.3) is 5.91 Å². The van der Waals surface area contributed by atoms with Gasteiger partial charge in [0, 0.05) is 44.2 Å². The predicted molar refractivity (Wildman–Crippen MR) is 152 cm³/mol. The van der Waals surface area contributed by atoms with Gasteiger partial charge in [0.05, 0.1) is 41.5 Å². The zero-order valence-corrected chi connectivity index (χ0v) is 25.7. The van der Waals surface area contributed by atoms with E-state index in [-0.39, 0.29) is 41.9 Å². The van der Waals surface area contributed by atoms with E-state index in [1.807, 2.05) is 6.92 Å². The van der Waals surface area contributed by atoms with E-state index in [4.69, 9.17) is 33.0 Å². The second-order valence-electron chi connectivity index (χ2n) is 9.77. The van der Waals surface area contributed by atoms with Gasteiger partial charge < -0.3 is 15.0 Å². The summed E-state index contributed by atoms with van der Waals surface area (Å²) in [5.41, 5.74) is 2.04. The number of carbonyl (C=O) groups is 2. The first-order valence-electron chi connectivity index (χ1n) is 12.9. The van der Waals surface area contributed by atoms with Crippen molar-refractivity contribution in [2.45, 2.75) is 52.4 Å². The molecule has 1 amide bonds. The maximum atomic E-state index is 13.4. The molecule has 2 aromatic heterocycles. The van der Waals surface area contributed by atoms with Crippen LogP contribution < -0.4 is 5.32 Å². The molecule has 41 heavy (non-hydrogen) atoms. The average Bonchev–Trinajstić information content (AvgIpc) is 3.55. The van der Waals surface area contributed by atoms with Crippen LogP contribution in [0.1, 0.15) is 64.7 Å². The fourth-order valence-corrected chi connectivity index (χ4v) is 5.45. The number of rotatable bonds is 10. The van der Waals surface area contributed by atoms with Gasteiger partial charge >= 0.3 is 16.2 Å². The van der Waals surface area contributed by atoms with E-state index < -0.39 is 16.2 Å². The van der Waals surface area contributed by atoms with Crippen molar-refractivity contribution < 1.29 is 22.7 Å². The Morgan fingerprint density at radius 2 is 1.95 bits per heavy atom. The molecule has 0 radical (unpaired) electrons. The monoisotopic (exact) mass is 626 g/mol. The molecule has 0 saturated carbocycles. The van der Waals surface area contributed by atoms with Gasteiger partial charge in [0.15, 0.2) is 11.5 Å². The number of aromatic nitrogens is 5. The van der Waals surface area contributed by atoms with Crippen LogP contribution in [0, 0.1) is 0 Å². The highest BCUT2D eigenvalue weighted by molar-refractivity contribution is 7.87. The first kappa shape index (κ1) is 30.9. The van der Waals surface area contributed by atoms with Crippen molar-refractivity contribution in [3.05, 3.63) is 62.9 Å². The smallest absolute Gasteiger partial charge is 0.356 e. The molecule has 222 valence electrons. The molecule has 0 saturated heterocycles. The van der Waals surface area contributed by atoms with E-state index in [0.717, 1.165) is 20.4 Å². The van der Waals surface area contributed by atoms with Gasteiger partial charge in [0.1, 0.15) is 6.33 Å². The number of carbonyl (C=O) groups excluding carboxylic acids is 2. The topological polar surface area (TPSA) is 145 Å². The summed E-state index contributed by atoms with van der Waals surface area (Å²) in [7, 11) is -0.952. The highest BCUT2D eigenvalue weighted by Gasteiger charge is 2.35. The summed E-state index contributed by atoms with van der Waals surface area (Å²) in [6.45, 7) is 6.47. The van der Waals surface area contributed by atoms with E-state index in [1.165, 1.54) is 20.2 Å². The van der Waals surface area contributed by atoms with Gasteiger partial charge in [-0.1, -0.05) is 23.2 Å². The lowest BCUT2D eigenvalue weighted by atomic mass is 9.98. The van der Waals surface area contributed by atoms with Gasteiger partial charge in [0.2, 0.25) is 0 Å². The Morgan fingerprint density at radius 3 is 2.61 bits per heavy atom. The number of ether oxygens (including phenoxy) is 1. The first-order chi connectivity index (χ1) is 19.3. The number of benzene rings is 1. The molecule has 0 spiro atoms. The Kier molecular flexibility index (Phi) is 9.39. The maximum Gasteiger partial charge on any atom is 0.356 e. The van der Waals surface area contributed by atoms with E-state index in [0.29, 0.717) is 41.5 Å². The number of fused-ring (bicyclic) bond motifs is 1. The third kappa shape index (κ3) is 6.41. The molecule has 1 aliphatic rings. The number of amides is 1. The fourth-order valence-electron chi connectivity index (χ4n) is 4.47. The van der Waals surface area contributed by atoms with Crippen molar-refractivity contribution in [1.82, 2.24) is 38.5 Å². The molecule has 13 nitrogen and oxygen atoms in total. The van der Waals surface area contributed by atoms with Crippen molar-refractivity contribution in [3.63, 3.8) is 0 Å². The number of halogens is 2. The molecule has 0 bridgehead atoms. The zero-order valence-electron chi connectivity index (χ0n) is 23.3. The molecule has 0 unspecified atom stereocenters. The summed E-state index contributed by atoms with van der Waals surface area (Å²) in [6, 6.07) is 4.17. The van der Waals surface area contributed by atoms with Gasteiger partial charge in [-0.05, 0) is 39.0 Å². The molecule has 1 aliphatic heterocycles. The highest BCUT2D eigenvalue weighted by Crippen LogP contribution is 2.29. The Hall–Kier alpha value is -3.04. The van der Waals surface area contributed by atoms with Crippen molar-refractivity contribution in [2.75, 3.05) is 27.2 Å². The Labute approximate surface area is 248 Å². The standard InChI is InChI=1S/C25H32Cl2N8O5S/c1-6-40-25(37)22-18-13-33(24(36)17-7-8-19(26)20(27)12-17)15(2)11-21(18)30-34(22)10-9-28-16(3)23-29-14-35(31-23)41(38,39)32(4)5/h7-8,12,14-16,28H,6,9-11,13H2,1-5H3/t15-,16+/m1/s1. The van der Waals surface area contributed by atoms with Crippen LogP contribution >= 0.6 is 23.2 Å². The lowest BCUT2D eigenvalue weighted by molar-refractivity contribution is 0.0502. The quantitative estimate of drug-likeness (QED) is 0.336. The minimum Gasteiger partial charge on any atom is -0.461 e. The van der Waals surface area contributed by atoms with E-state index in [2.05, 4.69) is 15.4 Å². The van der Waals surface area contributed by atoms with Crippen LogP contribution in [-0.2, 0) is 34.5 Å². The van der Waals surface area contributed by atoms with Crippen molar-refractivity contribution in [1.29, 1.82) is 0 Å². The summed E-state index contributed by atoms with van der Waals surface area (Å²) < 4.78 is 33.4. The van der Waals surface area contributed by atoms with Gasteiger partial charge in [-0.3, -0.25) is 9.48 Å². The van der Waals surface area contributed by atoms with Crippen LogP contribution in [0.4, 0.5) is 0 Å². The van der Waals surface area contributed by atoms with Crippen LogP contribution in [-0.4, -0.2) is 86.7 Å². The molecule has 1 N–H and O–H groups in total. The Balaban J connectivity index is 1.52. The number of nitrogens with zero attached hydrogens (tertiary/aromatic N) is 7. The van der Waals surface area contributed by atoms with Crippen LogP contribution in [0.2, 0.25) is 10.0 Å². The van der Waals surface area contributed by atoms with E-state index in [9.17, 15) is 18.0 Å². The molecule has 0 fully saturated rings. The number of esters is 1. The first-order valence-corrected chi connectivity index (χ1v) is 15.1. The minimum atomic E-state index is -3.77. The molecule has 2 atom stereocenters. The molecule has 1 aromatic carbocycles. The second-order valence-corrected chi connectivity index (χ2v) is 12.6. The van der Waals surface area contributed by atoms with Crippen molar-refractivity contribution in [3.8, 4) is 0 Å². The van der Waals surface area contributed by atoms with Crippen LogP contribution in [0.15, 0.2) is 24.5 Å². The lowest BCUT2D eigenvalue weighted by Crippen LogP contribution is -2.42. The average molecular weight is 628 g/mol. The van der Waals surface area contributed by atoms with Gasteiger partial charge in [-0.2, -0.15) is 17.8 Å². The molecule has 3 heterocycles. The van der Waals surface area contributed by atoms with Crippen LogP contribution in [0.3, 0.4) is 0 Å². The van der Waals surface area contributed by atoms with E-state index in [1.54, 1.807) is 35.6 Å².